The summed E-state index contributed by atoms with van der Waals surface area (Å²) < 4.78 is 0. The molecular formula is C20H42O. The van der Waals surface area contributed by atoms with Crippen LogP contribution in [0, 0.1) is 0 Å². The minimum Gasteiger partial charge on any atom is -0.390 e. The van der Waals surface area contributed by atoms with E-state index in [1.54, 1.807) is 0 Å². The van der Waals surface area contributed by atoms with E-state index < -0.39 is 0 Å². The van der Waals surface area contributed by atoms with E-state index in [0.717, 1.165) is 19.3 Å². The Labute approximate surface area is 134 Å². The SMILES string of the molecule is CCCCCCCCCCCCCCCC(O)(CC)CC. The van der Waals surface area contributed by atoms with Crippen molar-refractivity contribution in [1.29, 1.82) is 0 Å². The van der Waals surface area contributed by atoms with Gasteiger partial charge >= 0.3 is 0 Å². The molecule has 0 saturated carbocycles. The van der Waals surface area contributed by atoms with Crippen molar-refractivity contribution in [2.24, 2.45) is 0 Å². The first-order valence-electron chi connectivity index (χ1n) is 9.91. The van der Waals surface area contributed by atoms with Crippen molar-refractivity contribution < 1.29 is 5.11 Å². The Bertz CT molecular complexity index is 196. The third kappa shape index (κ3) is 13.4. The highest BCUT2D eigenvalue weighted by atomic mass is 16.3. The maximum absolute atomic E-state index is 10.2. The lowest BCUT2D eigenvalue weighted by Gasteiger charge is -2.24. The van der Waals surface area contributed by atoms with E-state index in [1.807, 2.05) is 0 Å². The summed E-state index contributed by atoms with van der Waals surface area (Å²) in [7, 11) is 0. The largest absolute Gasteiger partial charge is 0.390 e. The van der Waals surface area contributed by atoms with Crippen LogP contribution in [0.3, 0.4) is 0 Å². The molecule has 0 aliphatic heterocycles. The molecule has 0 bridgehead atoms. The Morgan fingerprint density at radius 2 is 0.857 bits per heavy atom. The van der Waals surface area contributed by atoms with E-state index in [9.17, 15) is 5.11 Å². The van der Waals surface area contributed by atoms with E-state index in [0.29, 0.717) is 0 Å². The second kappa shape index (κ2) is 14.9. The minimum absolute atomic E-state index is 0.377. The summed E-state index contributed by atoms with van der Waals surface area (Å²) in [5.41, 5.74) is -0.377. The molecule has 1 N–H and O–H groups in total. The van der Waals surface area contributed by atoms with E-state index in [2.05, 4.69) is 20.8 Å². The molecule has 21 heavy (non-hydrogen) atoms. The Morgan fingerprint density at radius 3 is 1.19 bits per heavy atom. The summed E-state index contributed by atoms with van der Waals surface area (Å²) >= 11 is 0. The quantitative estimate of drug-likeness (QED) is 0.304. The number of unbranched alkanes of at least 4 members (excludes halogenated alkanes) is 12. The van der Waals surface area contributed by atoms with Gasteiger partial charge in [-0.25, -0.2) is 0 Å². The van der Waals surface area contributed by atoms with Crippen molar-refractivity contribution in [1.82, 2.24) is 0 Å². The summed E-state index contributed by atoms with van der Waals surface area (Å²) in [6.07, 6.45) is 20.9. The third-order valence-corrected chi connectivity index (χ3v) is 5.06. The monoisotopic (exact) mass is 298 g/mol. The Morgan fingerprint density at radius 1 is 0.524 bits per heavy atom. The molecule has 0 aliphatic rings. The number of rotatable bonds is 16. The van der Waals surface area contributed by atoms with Gasteiger partial charge in [-0.1, -0.05) is 104 Å². The molecule has 0 saturated heterocycles. The summed E-state index contributed by atoms with van der Waals surface area (Å²) in [6, 6.07) is 0. The van der Waals surface area contributed by atoms with Crippen molar-refractivity contribution in [3.05, 3.63) is 0 Å². The van der Waals surface area contributed by atoms with Gasteiger partial charge in [0.2, 0.25) is 0 Å². The zero-order valence-corrected chi connectivity index (χ0v) is 15.3. The highest BCUT2D eigenvalue weighted by Crippen LogP contribution is 2.23. The molecule has 1 heteroatoms. The van der Waals surface area contributed by atoms with Crippen molar-refractivity contribution in [3.8, 4) is 0 Å². The highest BCUT2D eigenvalue weighted by molar-refractivity contribution is 4.74. The molecule has 0 amide bonds. The van der Waals surface area contributed by atoms with Crippen LogP contribution in [0.4, 0.5) is 0 Å². The van der Waals surface area contributed by atoms with Crippen LogP contribution in [0.2, 0.25) is 0 Å². The fourth-order valence-corrected chi connectivity index (χ4v) is 3.08. The normalized spacial score (nSPS) is 12.0. The molecule has 0 fully saturated rings. The lowest BCUT2D eigenvalue weighted by molar-refractivity contribution is 0.0211. The van der Waals surface area contributed by atoms with Gasteiger partial charge in [-0.15, -0.1) is 0 Å². The maximum Gasteiger partial charge on any atom is 0.0642 e. The van der Waals surface area contributed by atoms with Gasteiger partial charge in [-0.2, -0.15) is 0 Å². The molecule has 0 atom stereocenters. The van der Waals surface area contributed by atoms with Crippen LogP contribution >= 0.6 is 0 Å². The fraction of sp³-hybridized carbons (Fsp3) is 1.00. The molecule has 0 aromatic heterocycles. The van der Waals surface area contributed by atoms with Crippen LogP contribution in [-0.4, -0.2) is 10.7 Å². The van der Waals surface area contributed by atoms with E-state index in [4.69, 9.17) is 0 Å². The zero-order valence-electron chi connectivity index (χ0n) is 15.3. The van der Waals surface area contributed by atoms with Crippen LogP contribution < -0.4 is 0 Å². The molecule has 0 radical (unpaired) electrons. The van der Waals surface area contributed by atoms with Crippen molar-refractivity contribution in [2.45, 2.75) is 129 Å². The van der Waals surface area contributed by atoms with Gasteiger partial charge in [0.1, 0.15) is 0 Å². The fourth-order valence-electron chi connectivity index (χ4n) is 3.08. The third-order valence-electron chi connectivity index (χ3n) is 5.06. The van der Waals surface area contributed by atoms with Gasteiger partial charge in [0.05, 0.1) is 5.60 Å². The van der Waals surface area contributed by atoms with Gasteiger partial charge in [0, 0.05) is 0 Å². The predicted molar refractivity (Wildman–Crippen MR) is 95.8 cm³/mol. The lowest BCUT2D eigenvalue weighted by atomic mass is 9.90. The maximum atomic E-state index is 10.2. The lowest BCUT2D eigenvalue weighted by Crippen LogP contribution is -2.26. The average Bonchev–Trinajstić information content (AvgIpc) is 2.51. The smallest absolute Gasteiger partial charge is 0.0642 e. The summed E-state index contributed by atoms with van der Waals surface area (Å²) in [5, 5.41) is 10.2. The number of hydrogen-bond donors (Lipinski definition) is 1. The van der Waals surface area contributed by atoms with Gasteiger partial charge in [0.25, 0.3) is 0 Å². The van der Waals surface area contributed by atoms with Crippen molar-refractivity contribution in [3.63, 3.8) is 0 Å². The first-order valence-corrected chi connectivity index (χ1v) is 9.91. The van der Waals surface area contributed by atoms with Crippen LogP contribution in [0.25, 0.3) is 0 Å². The van der Waals surface area contributed by atoms with Gasteiger partial charge in [-0.3, -0.25) is 0 Å². The molecule has 0 aromatic rings. The Balaban J connectivity index is 3.16. The molecular weight excluding hydrogens is 256 g/mol. The van der Waals surface area contributed by atoms with Crippen molar-refractivity contribution in [2.75, 3.05) is 0 Å². The predicted octanol–water partition coefficient (Wildman–Crippen LogP) is 7.02. The van der Waals surface area contributed by atoms with Gasteiger partial charge < -0.3 is 5.11 Å². The second-order valence-corrected chi connectivity index (χ2v) is 6.92. The molecule has 128 valence electrons. The van der Waals surface area contributed by atoms with Crippen LogP contribution in [0.1, 0.15) is 124 Å². The standard InChI is InChI=1S/C20H42O/c1-4-7-8-9-10-11-12-13-14-15-16-17-18-19-20(21,5-2)6-3/h21H,4-19H2,1-3H3. The average molecular weight is 299 g/mol. The molecule has 1 nitrogen and oxygen atoms in total. The van der Waals surface area contributed by atoms with E-state index in [1.165, 1.54) is 83.5 Å². The minimum atomic E-state index is -0.377. The van der Waals surface area contributed by atoms with E-state index in [-0.39, 0.29) is 5.60 Å². The van der Waals surface area contributed by atoms with Crippen LogP contribution in [0.5, 0.6) is 0 Å². The molecule has 0 unspecified atom stereocenters. The summed E-state index contributed by atoms with van der Waals surface area (Å²) in [6.45, 7) is 6.49. The first-order chi connectivity index (χ1) is 10.2. The first kappa shape index (κ1) is 21.0. The number of aliphatic hydroxyl groups is 1. The molecule has 0 aliphatic carbocycles. The zero-order chi connectivity index (χ0) is 15.8. The number of hydrogen-bond acceptors (Lipinski definition) is 1. The summed E-state index contributed by atoms with van der Waals surface area (Å²) in [5.74, 6) is 0. The van der Waals surface area contributed by atoms with E-state index >= 15 is 0 Å². The topological polar surface area (TPSA) is 20.2 Å². The molecule has 0 aromatic carbocycles. The highest BCUT2D eigenvalue weighted by Gasteiger charge is 2.20. The molecule has 0 heterocycles. The summed E-state index contributed by atoms with van der Waals surface area (Å²) in [4.78, 5) is 0. The second-order valence-electron chi connectivity index (χ2n) is 6.92. The van der Waals surface area contributed by atoms with Crippen LogP contribution in [0.15, 0.2) is 0 Å². The molecule has 0 rings (SSSR count). The van der Waals surface area contributed by atoms with Crippen LogP contribution in [-0.2, 0) is 0 Å². The Hall–Kier alpha value is -0.0400. The van der Waals surface area contributed by atoms with Gasteiger partial charge in [-0.05, 0) is 19.3 Å². The van der Waals surface area contributed by atoms with Gasteiger partial charge in [0.15, 0.2) is 0 Å². The Kier molecular flexibility index (Phi) is 14.9. The molecule has 0 spiro atoms. The van der Waals surface area contributed by atoms with Crippen molar-refractivity contribution >= 4 is 0 Å².